The number of aromatic nitrogens is 4. The molecule has 8 heteroatoms. The maximum atomic E-state index is 14.0. The molecule has 3 rings (SSSR count). The number of halogens is 3. The quantitative estimate of drug-likeness (QED) is 0.703. The number of anilines is 1. The molecule has 21 heavy (non-hydrogen) atoms. The molecule has 106 valence electrons. The third-order valence-corrected chi connectivity index (χ3v) is 4.08. The molecule has 0 aliphatic heterocycles. The van der Waals surface area contributed by atoms with Crippen molar-refractivity contribution in [2.75, 3.05) is 5.73 Å². The van der Waals surface area contributed by atoms with E-state index in [4.69, 9.17) is 17.3 Å². The van der Waals surface area contributed by atoms with E-state index in [2.05, 4.69) is 31.5 Å². The summed E-state index contributed by atoms with van der Waals surface area (Å²) in [5.74, 6) is -0.222. The Bertz CT molecular complexity index is 820. The van der Waals surface area contributed by atoms with E-state index in [9.17, 15) is 4.39 Å². The van der Waals surface area contributed by atoms with E-state index < -0.39 is 5.82 Å². The molecule has 0 saturated heterocycles. The van der Waals surface area contributed by atoms with Gasteiger partial charge in [0, 0.05) is 10.2 Å². The molecular formula is C13H8BrClFN5. The summed E-state index contributed by atoms with van der Waals surface area (Å²) in [6, 6.07) is 9.57. The molecule has 0 bridgehead atoms. The van der Waals surface area contributed by atoms with Crippen molar-refractivity contribution in [1.82, 2.24) is 20.2 Å². The lowest BCUT2D eigenvalue weighted by Gasteiger charge is -2.07. The zero-order valence-electron chi connectivity index (χ0n) is 10.5. The summed E-state index contributed by atoms with van der Waals surface area (Å²) < 4.78 is 16.2. The molecule has 0 aliphatic rings. The highest BCUT2D eigenvalue weighted by Crippen LogP contribution is 2.28. The van der Waals surface area contributed by atoms with Crippen molar-refractivity contribution in [3.8, 4) is 17.1 Å². The van der Waals surface area contributed by atoms with Crippen LogP contribution in [0, 0.1) is 5.82 Å². The number of nitrogens with two attached hydrogens (primary N) is 1. The first-order valence-electron chi connectivity index (χ1n) is 5.85. The van der Waals surface area contributed by atoms with Gasteiger partial charge in [-0.25, -0.2) is 4.39 Å². The molecule has 0 aliphatic carbocycles. The topological polar surface area (TPSA) is 69.6 Å². The van der Waals surface area contributed by atoms with Gasteiger partial charge < -0.3 is 5.73 Å². The summed E-state index contributed by atoms with van der Waals surface area (Å²) in [5.41, 5.74) is 6.76. The van der Waals surface area contributed by atoms with Crippen LogP contribution in [0.3, 0.4) is 0 Å². The van der Waals surface area contributed by atoms with Crippen LogP contribution < -0.4 is 5.73 Å². The van der Waals surface area contributed by atoms with Gasteiger partial charge in [-0.05, 0) is 62.8 Å². The second kappa shape index (κ2) is 5.42. The van der Waals surface area contributed by atoms with Crippen LogP contribution >= 0.6 is 27.5 Å². The second-order valence-electron chi connectivity index (χ2n) is 4.25. The number of nitrogen functional groups attached to an aromatic ring is 1. The smallest absolute Gasteiger partial charge is 0.190 e. The van der Waals surface area contributed by atoms with E-state index in [0.717, 1.165) is 4.47 Å². The zero-order chi connectivity index (χ0) is 15.0. The normalized spacial score (nSPS) is 10.8. The highest BCUT2D eigenvalue weighted by atomic mass is 79.9. The number of tetrazole rings is 1. The Balaban J connectivity index is 2.14. The molecule has 0 radical (unpaired) electrons. The highest BCUT2D eigenvalue weighted by molar-refractivity contribution is 9.10. The van der Waals surface area contributed by atoms with Crippen molar-refractivity contribution >= 4 is 33.2 Å². The average molecular weight is 369 g/mol. The minimum Gasteiger partial charge on any atom is -0.399 e. The van der Waals surface area contributed by atoms with Gasteiger partial charge in [-0.2, -0.15) is 4.68 Å². The fourth-order valence-electron chi connectivity index (χ4n) is 1.86. The maximum Gasteiger partial charge on any atom is 0.190 e. The number of nitrogens with zero attached hydrogens (tertiary/aromatic N) is 4. The third kappa shape index (κ3) is 2.62. The van der Waals surface area contributed by atoms with Crippen molar-refractivity contribution in [2.45, 2.75) is 0 Å². The molecule has 0 spiro atoms. The number of benzene rings is 2. The largest absolute Gasteiger partial charge is 0.399 e. The molecule has 3 aromatic rings. The lowest BCUT2D eigenvalue weighted by Crippen LogP contribution is -2.01. The summed E-state index contributed by atoms with van der Waals surface area (Å²) in [6.07, 6.45) is 0. The number of rotatable bonds is 2. The van der Waals surface area contributed by atoms with Crippen LogP contribution in [0.1, 0.15) is 0 Å². The molecule has 0 amide bonds. The van der Waals surface area contributed by atoms with E-state index in [-0.39, 0.29) is 11.4 Å². The fourth-order valence-corrected chi connectivity index (χ4v) is 2.28. The Labute approximate surface area is 132 Å². The Hall–Kier alpha value is -1.99. The van der Waals surface area contributed by atoms with Gasteiger partial charge in [-0.1, -0.05) is 11.6 Å². The van der Waals surface area contributed by atoms with Gasteiger partial charge in [0.2, 0.25) is 0 Å². The molecule has 5 nitrogen and oxygen atoms in total. The Morgan fingerprint density at radius 2 is 2.00 bits per heavy atom. The number of hydrogen-bond donors (Lipinski definition) is 1. The van der Waals surface area contributed by atoms with Gasteiger partial charge in [0.25, 0.3) is 0 Å². The van der Waals surface area contributed by atoms with Crippen LogP contribution in [0.4, 0.5) is 10.1 Å². The van der Waals surface area contributed by atoms with Crippen molar-refractivity contribution in [1.29, 1.82) is 0 Å². The van der Waals surface area contributed by atoms with Gasteiger partial charge in [0.05, 0.1) is 16.3 Å². The minimum atomic E-state index is -0.491. The van der Waals surface area contributed by atoms with E-state index >= 15 is 0 Å². The minimum absolute atomic E-state index is 0.258. The van der Waals surface area contributed by atoms with Crippen molar-refractivity contribution in [2.24, 2.45) is 0 Å². The van der Waals surface area contributed by atoms with Crippen LogP contribution in [0.5, 0.6) is 0 Å². The average Bonchev–Trinajstić information content (AvgIpc) is 2.91. The van der Waals surface area contributed by atoms with Crippen molar-refractivity contribution in [3.05, 3.63) is 51.7 Å². The van der Waals surface area contributed by atoms with E-state index in [1.165, 1.54) is 16.8 Å². The van der Waals surface area contributed by atoms with Gasteiger partial charge in [0.15, 0.2) is 5.82 Å². The zero-order valence-corrected chi connectivity index (χ0v) is 12.8. The van der Waals surface area contributed by atoms with E-state index in [1.807, 2.05) is 0 Å². The molecule has 1 aromatic heterocycles. The SMILES string of the molecule is Nc1ccc(-c2nnnn2-c2ccc(Br)c(Cl)c2)c(F)c1. The molecule has 2 aromatic carbocycles. The summed E-state index contributed by atoms with van der Waals surface area (Å²) in [7, 11) is 0. The summed E-state index contributed by atoms with van der Waals surface area (Å²) >= 11 is 9.37. The second-order valence-corrected chi connectivity index (χ2v) is 5.51. The Morgan fingerprint density at radius 1 is 1.19 bits per heavy atom. The van der Waals surface area contributed by atoms with Crippen LogP contribution in [-0.4, -0.2) is 20.2 Å². The van der Waals surface area contributed by atoms with Crippen molar-refractivity contribution in [3.63, 3.8) is 0 Å². The molecule has 2 N–H and O–H groups in total. The molecule has 0 unspecified atom stereocenters. The first-order chi connectivity index (χ1) is 10.1. The first kappa shape index (κ1) is 14.0. The number of hydrogen-bond acceptors (Lipinski definition) is 4. The Kier molecular flexibility index (Phi) is 3.60. The molecule has 0 saturated carbocycles. The summed E-state index contributed by atoms with van der Waals surface area (Å²) in [6.45, 7) is 0. The monoisotopic (exact) mass is 367 g/mol. The van der Waals surface area contributed by atoms with Crippen LogP contribution in [0.2, 0.25) is 5.02 Å². The van der Waals surface area contributed by atoms with E-state index in [0.29, 0.717) is 16.4 Å². The summed E-state index contributed by atoms with van der Waals surface area (Å²) in [4.78, 5) is 0. The van der Waals surface area contributed by atoms with Crippen LogP contribution in [0.25, 0.3) is 17.1 Å². The maximum absolute atomic E-state index is 14.0. The Morgan fingerprint density at radius 3 is 2.71 bits per heavy atom. The van der Waals surface area contributed by atoms with Gasteiger partial charge >= 0.3 is 0 Å². The van der Waals surface area contributed by atoms with Gasteiger partial charge in [-0.3, -0.25) is 0 Å². The standard InChI is InChI=1S/C13H8BrClFN5/c14-10-4-2-8(6-11(10)15)21-13(18-19-20-21)9-3-1-7(17)5-12(9)16/h1-6H,17H2. The van der Waals surface area contributed by atoms with Gasteiger partial charge in [0.1, 0.15) is 5.82 Å². The van der Waals surface area contributed by atoms with Crippen molar-refractivity contribution < 1.29 is 4.39 Å². The predicted molar refractivity (Wildman–Crippen MR) is 81.7 cm³/mol. The lowest BCUT2D eigenvalue weighted by atomic mass is 10.2. The molecule has 1 heterocycles. The van der Waals surface area contributed by atoms with E-state index in [1.54, 1.807) is 24.3 Å². The highest BCUT2D eigenvalue weighted by Gasteiger charge is 2.15. The summed E-state index contributed by atoms with van der Waals surface area (Å²) in [5, 5.41) is 11.9. The fraction of sp³-hybridized carbons (Fsp3) is 0. The molecular weight excluding hydrogens is 361 g/mol. The first-order valence-corrected chi connectivity index (χ1v) is 7.02. The molecule has 0 fully saturated rings. The van der Waals surface area contributed by atoms with Crippen LogP contribution in [0.15, 0.2) is 40.9 Å². The molecule has 0 atom stereocenters. The predicted octanol–water partition coefficient (Wildman–Crippen LogP) is 3.47. The lowest BCUT2D eigenvalue weighted by molar-refractivity contribution is 0.629. The van der Waals surface area contributed by atoms with Crippen LogP contribution in [-0.2, 0) is 0 Å². The third-order valence-electron chi connectivity index (χ3n) is 2.85. The van der Waals surface area contributed by atoms with Gasteiger partial charge in [-0.15, -0.1) is 5.10 Å².